The summed E-state index contributed by atoms with van der Waals surface area (Å²) in [6.07, 6.45) is 9.28. The number of aromatic nitrogens is 2. The number of nitrogens with two attached hydrogens (primary N) is 1. The molecule has 2 aliphatic rings. The molecule has 0 spiro atoms. The number of unbranched alkanes of at least 4 members (excludes halogenated alkanes) is 1. The fourth-order valence-corrected chi connectivity index (χ4v) is 6.87. The number of amides is 4. The lowest BCUT2D eigenvalue weighted by Gasteiger charge is -2.29. The van der Waals surface area contributed by atoms with Crippen molar-refractivity contribution in [3.05, 3.63) is 93.8 Å². The van der Waals surface area contributed by atoms with Gasteiger partial charge in [-0.2, -0.15) is 0 Å². The van der Waals surface area contributed by atoms with Crippen molar-refractivity contribution in [2.24, 2.45) is 5.73 Å². The summed E-state index contributed by atoms with van der Waals surface area (Å²) in [6.45, 7) is 4.57. The molecule has 0 bridgehead atoms. The fraction of sp³-hybridized carbons (Fsp3) is 0.405. The maximum Gasteiger partial charge on any atom is 0.243 e. The van der Waals surface area contributed by atoms with E-state index >= 15 is 0 Å². The molecule has 13 heteroatoms. The summed E-state index contributed by atoms with van der Waals surface area (Å²) in [6, 6.07) is 6.18. The summed E-state index contributed by atoms with van der Waals surface area (Å²) in [5.41, 5.74) is 15.0. The molecule has 0 unspecified atom stereocenters. The van der Waals surface area contributed by atoms with Gasteiger partial charge in [0.25, 0.3) is 0 Å². The number of nitrogens with zero attached hydrogens (tertiary/aromatic N) is 2. The molecule has 0 radical (unpaired) electrons. The zero-order valence-corrected chi connectivity index (χ0v) is 29.1. The van der Waals surface area contributed by atoms with Gasteiger partial charge in [0, 0.05) is 49.7 Å². The van der Waals surface area contributed by atoms with Gasteiger partial charge in [-0.25, -0.2) is 4.98 Å². The van der Waals surface area contributed by atoms with Gasteiger partial charge in [-0.3, -0.25) is 24.2 Å². The number of carbonyl (C=O) groups excluding carboxylic acids is 4. The van der Waals surface area contributed by atoms with Crippen molar-refractivity contribution < 1.29 is 23.9 Å². The summed E-state index contributed by atoms with van der Waals surface area (Å²) < 4.78 is 6.69. The number of aryl methyl sites for hydroxylation is 1. The average molecular weight is 698 g/mol. The highest BCUT2D eigenvalue weighted by molar-refractivity contribution is 7.18. The minimum Gasteiger partial charge on any atom is -0.492 e. The lowest BCUT2D eigenvalue weighted by Crippen LogP contribution is -2.58. The van der Waals surface area contributed by atoms with Gasteiger partial charge in [0.1, 0.15) is 23.9 Å². The standard InChI is InChI=1S/C37H43N7O5S/c1-3-33(45)40-30(22-34-41-27-12-11-23(2)20-32(27)50-34)37(48)44-29(21-24-13-17-39-18-14-24)36(47)43-28(9-6-7-16-38)35(46)42-26-15-19-49-31-10-5-4-8-25(26)31/h8,10-14,17-18,20,26,28-30H,3,6-7,9,15-16,19,21-22,38H2,1-2H3,(H,40,45)(H,42,46)(H,43,47)(H,44,48)/t26-,28+,29+,30+/m1/s1. The van der Waals surface area contributed by atoms with Gasteiger partial charge in [0.2, 0.25) is 23.6 Å². The number of ether oxygens (including phenoxy) is 1. The Morgan fingerprint density at radius 1 is 0.960 bits per heavy atom. The number of pyridine rings is 1. The summed E-state index contributed by atoms with van der Waals surface area (Å²) >= 11 is 1.46. The van der Waals surface area contributed by atoms with E-state index in [-0.39, 0.29) is 37.1 Å². The lowest BCUT2D eigenvalue weighted by molar-refractivity contribution is -0.133. The van der Waals surface area contributed by atoms with Crippen LogP contribution in [0.1, 0.15) is 55.2 Å². The Hall–Kier alpha value is -5.06. The van der Waals surface area contributed by atoms with Gasteiger partial charge in [0.05, 0.1) is 27.9 Å². The first-order valence-electron chi connectivity index (χ1n) is 16.9. The van der Waals surface area contributed by atoms with Crippen molar-refractivity contribution in [3.63, 3.8) is 0 Å². The number of fused-ring (bicyclic) bond motifs is 1. The molecule has 4 atom stereocenters. The van der Waals surface area contributed by atoms with E-state index in [4.69, 9.17) is 10.5 Å². The molecule has 6 N–H and O–H groups in total. The predicted octanol–water partition coefficient (Wildman–Crippen LogP) is 2.82. The fourth-order valence-electron chi connectivity index (χ4n) is 5.76. The first kappa shape index (κ1) is 36.2. The van der Waals surface area contributed by atoms with E-state index in [2.05, 4.69) is 42.7 Å². The Balaban J connectivity index is 1.35. The van der Waals surface area contributed by atoms with Crippen LogP contribution in [-0.2, 0) is 36.8 Å². The number of thiazole rings is 1. The minimum atomic E-state index is -1.07. The molecule has 2 aromatic heterocycles. The average Bonchev–Trinajstić information content (AvgIpc) is 3.52. The maximum atomic E-state index is 14.1. The van der Waals surface area contributed by atoms with Crippen molar-refractivity contribution in [2.45, 2.75) is 83.0 Å². The molecule has 5 rings (SSSR count). The molecule has 0 saturated carbocycles. The molecular weight excluding hydrogens is 655 g/mol. The largest absolute Gasteiger partial charge is 0.492 e. The van der Waals surface area contributed by atoms with Crippen molar-refractivity contribution in [1.82, 2.24) is 31.2 Å². The molecule has 3 heterocycles. The minimum absolute atomic E-state index is 0.131. The van der Waals surface area contributed by atoms with Gasteiger partial charge in [-0.1, -0.05) is 24.5 Å². The van der Waals surface area contributed by atoms with Gasteiger partial charge in [-0.05, 0) is 74.2 Å². The van der Waals surface area contributed by atoms with Crippen LogP contribution < -0.4 is 27.0 Å². The highest BCUT2D eigenvalue weighted by atomic mass is 32.1. The van der Waals surface area contributed by atoms with Gasteiger partial charge in [-0.15, -0.1) is 11.3 Å². The van der Waals surface area contributed by atoms with Crippen LogP contribution in [0.4, 0.5) is 0 Å². The van der Waals surface area contributed by atoms with Crippen molar-refractivity contribution >= 4 is 45.2 Å². The van der Waals surface area contributed by atoms with Crippen LogP contribution in [0.2, 0.25) is 0 Å². The summed E-state index contributed by atoms with van der Waals surface area (Å²) in [5, 5.41) is 12.4. The van der Waals surface area contributed by atoms with Crippen molar-refractivity contribution in [3.8, 4) is 0 Å². The Labute approximate surface area is 295 Å². The predicted molar refractivity (Wildman–Crippen MR) is 191 cm³/mol. The third kappa shape index (κ3) is 9.77. The van der Waals surface area contributed by atoms with E-state index in [0.717, 1.165) is 26.9 Å². The normalized spacial score (nSPS) is 16.6. The van der Waals surface area contributed by atoms with Gasteiger partial charge in [0.15, 0.2) is 0 Å². The van der Waals surface area contributed by atoms with E-state index in [9.17, 15) is 19.2 Å². The first-order valence-corrected chi connectivity index (χ1v) is 17.8. The van der Waals surface area contributed by atoms with Crippen LogP contribution in [0.15, 0.2) is 77.7 Å². The van der Waals surface area contributed by atoms with Crippen LogP contribution in [0.5, 0.6) is 0 Å². The molecule has 4 amide bonds. The number of hydrogen-bond donors (Lipinski definition) is 5. The topological polar surface area (TPSA) is 177 Å². The SMILES string of the molecule is CCC(=O)N[C@@H](Cc1nc2ccc(C)cc2s1)C(=O)N[C@@H](Cc1ccncc1)C(=O)N[C@@H](CCCCN)C(=O)N[C@@H]1CCOC2=C1C=C=C=C2. The number of allylic oxidation sites excluding steroid dienone is 1. The summed E-state index contributed by atoms with van der Waals surface area (Å²) in [7, 11) is 0. The maximum absolute atomic E-state index is 14.1. The number of nitrogens with one attached hydrogen (secondary N) is 4. The van der Waals surface area contributed by atoms with E-state index in [0.29, 0.717) is 49.6 Å². The molecule has 3 aromatic rings. The Bertz CT molecular complexity index is 1840. The molecular formula is C37H43N7O5S. The molecule has 1 aromatic carbocycles. The first-order chi connectivity index (χ1) is 24.2. The second-order valence-electron chi connectivity index (χ2n) is 12.3. The second-order valence-corrected chi connectivity index (χ2v) is 13.4. The monoisotopic (exact) mass is 697 g/mol. The quantitative estimate of drug-likeness (QED) is 0.112. The van der Waals surface area contributed by atoms with Crippen LogP contribution in [0, 0.1) is 6.92 Å². The summed E-state index contributed by atoms with van der Waals surface area (Å²) in [4.78, 5) is 63.1. The van der Waals surface area contributed by atoms with E-state index in [1.54, 1.807) is 43.6 Å². The molecule has 1 aliphatic carbocycles. The Morgan fingerprint density at radius 2 is 1.70 bits per heavy atom. The molecule has 262 valence electrons. The number of benzene rings is 1. The highest BCUT2D eigenvalue weighted by Crippen LogP contribution is 2.25. The van der Waals surface area contributed by atoms with Crippen molar-refractivity contribution in [2.75, 3.05) is 13.2 Å². The molecule has 12 nitrogen and oxygen atoms in total. The Morgan fingerprint density at radius 3 is 2.46 bits per heavy atom. The van der Waals surface area contributed by atoms with E-state index in [1.165, 1.54) is 11.3 Å². The third-order valence-corrected chi connectivity index (χ3v) is 9.54. The number of hydrogen-bond acceptors (Lipinski definition) is 9. The molecule has 0 saturated heterocycles. The van der Waals surface area contributed by atoms with E-state index in [1.807, 2.05) is 25.1 Å². The number of carbonyl (C=O) groups is 4. The van der Waals surface area contributed by atoms with Gasteiger partial charge >= 0.3 is 0 Å². The van der Waals surface area contributed by atoms with Crippen LogP contribution in [0.25, 0.3) is 10.2 Å². The molecule has 50 heavy (non-hydrogen) atoms. The highest BCUT2D eigenvalue weighted by Gasteiger charge is 2.32. The lowest BCUT2D eigenvalue weighted by atomic mass is 9.97. The third-order valence-electron chi connectivity index (χ3n) is 8.50. The number of rotatable bonds is 16. The van der Waals surface area contributed by atoms with Crippen LogP contribution >= 0.6 is 11.3 Å². The molecule has 1 aliphatic heterocycles. The van der Waals surface area contributed by atoms with E-state index < -0.39 is 29.9 Å². The van der Waals surface area contributed by atoms with Crippen LogP contribution in [-0.4, -0.2) is 70.9 Å². The van der Waals surface area contributed by atoms with Crippen LogP contribution in [0.3, 0.4) is 0 Å². The summed E-state index contributed by atoms with van der Waals surface area (Å²) in [5.74, 6) is -1.09. The molecule has 0 fully saturated rings. The second kappa shape index (κ2) is 17.6. The smallest absolute Gasteiger partial charge is 0.243 e. The van der Waals surface area contributed by atoms with Gasteiger partial charge < -0.3 is 31.7 Å². The zero-order valence-electron chi connectivity index (χ0n) is 28.3. The van der Waals surface area contributed by atoms with Crippen molar-refractivity contribution in [1.29, 1.82) is 0 Å². The Kier molecular flexibility index (Phi) is 12.7. The zero-order chi connectivity index (χ0) is 35.5.